The van der Waals surface area contributed by atoms with Crippen molar-refractivity contribution in [2.24, 2.45) is 14.1 Å². The molecule has 0 aliphatic rings. The molecule has 0 aliphatic carbocycles. The fraction of sp³-hybridized carbons (Fsp3) is 0.278. The maximum Gasteiger partial charge on any atom is 0.332 e. The number of hydrogen-bond donors (Lipinski definition) is 2. The summed E-state index contributed by atoms with van der Waals surface area (Å²) in [5, 5.41) is 14.6. The van der Waals surface area contributed by atoms with Crippen molar-refractivity contribution in [1.82, 2.24) is 19.3 Å². The van der Waals surface area contributed by atoms with Crippen LogP contribution in [0.5, 0.6) is 0 Å². The molecule has 2 aromatic heterocycles. The summed E-state index contributed by atoms with van der Waals surface area (Å²) in [4.78, 5) is 35.8. The average molecular weight is 433 g/mol. The highest BCUT2D eigenvalue weighted by molar-refractivity contribution is 8.01. The largest absolute Gasteiger partial charge is 0.332 e. The molecule has 0 aliphatic heterocycles. The summed E-state index contributed by atoms with van der Waals surface area (Å²) in [6.07, 6.45) is 0. The van der Waals surface area contributed by atoms with Gasteiger partial charge in [-0.15, -0.1) is 10.2 Å². The highest BCUT2D eigenvalue weighted by Crippen LogP contribution is 2.28. The summed E-state index contributed by atoms with van der Waals surface area (Å²) in [7, 11) is 2.87. The lowest BCUT2D eigenvalue weighted by Crippen LogP contribution is -2.38. The van der Waals surface area contributed by atoms with Crippen LogP contribution in [0.3, 0.4) is 0 Å². The molecule has 152 valence electrons. The summed E-state index contributed by atoms with van der Waals surface area (Å²) in [5.41, 5.74) is 2.32. The normalized spacial score (nSPS) is 10.8. The van der Waals surface area contributed by atoms with Gasteiger partial charge in [-0.2, -0.15) is 0 Å². The predicted octanol–water partition coefficient (Wildman–Crippen LogP) is 2.03. The van der Waals surface area contributed by atoms with E-state index in [9.17, 15) is 14.4 Å². The topological polar surface area (TPSA) is 111 Å². The molecule has 0 radical (unpaired) electrons. The molecule has 1 amide bonds. The van der Waals surface area contributed by atoms with Crippen LogP contribution < -0.4 is 21.9 Å². The van der Waals surface area contributed by atoms with E-state index in [2.05, 4.69) is 27.8 Å². The van der Waals surface area contributed by atoms with E-state index in [0.29, 0.717) is 9.47 Å². The van der Waals surface area contributed by atoms with Gasteiger partial charge in [-0.25, -0.2) is 4.79 Å². The van der Waals surface area contributed by atoms with E-state index in [1.165, 1.54) is 59.0 Å². The molecule has 2 heterocycles. The van der Waals surface area contributed by atoms with Crippen molar-refractivity contribution >= 4 is 45.6 Å². The molecule has 0 saturated heterocycles. The number of thioether (sulfide) groups is 1. The van der Waals surface area contributed by atoms with E-state index in [0.717, 1.165) is 10.3 Å². The van der Waals surface area contributed by atoms with Gasteiger partial charge in [-0.3, -0.25) is 18.7 Å². The third-order valence-corrected chi connectivity index (χ3v) is 6.26. The number of carbonyl (C=O) groups is 1. The lowest BCUT2D eigenvalue weighted by atomic mass is 10.1. The monoisotopic (exact) mass is 432 g/mol. The van der Waals surface area contributed by atoms with Crippen LogP contribution >= 0.6 is 23.1 Å². The summed E-state index contributed by atoms with van der Waals surface area (Å²) < 4.78 is 2.81. The molecule has 0 saturated carbocycles. The summed E-state index contributed by atoms with van der Waals surface area (Å²) in [5.74, 6) is -0.128. The minimum Gasteiger partial charge on any atom is -0.330 e. The van der Waals surface area contributed by atoms with Crippen LogP contribution in [-0.4, -0.2) is 31.0 Å². The molecule has 2 N–H and O–H groups in total. The molecule has 11 heteroatoms. The molecule has 0 unspecified atom stereocenters. The van der Waals surface area contributed by atoms with Crippen molar-refractivity contribution in [3.05, 3.63) is 56.2 Å². The van der Waals surface area contributed by atoms with Crippen LogP contribution in [0.15, 0.2) is 38.2 Å². The molecule has 29 heavy (non-hydrogen) atoms. The Labute approximate surface area is 174 Å². The molecule has 3 aromatic rings. The second-order valence-corrected chi connectivity index (χ2v) is 8.60. The number of nitrogens with one attached hydrogen (secondary N) is 2. The number of nitrogens with zero attached hydrogens (tertiary/aromatic N) is 4. The third kappa shape index (κ3) is 4.93. The lowest BCUT2D eigenvalue weighted by Gasteiger charge is -2.10. The lowest BCUT2D eigenvalue weighted by molar-refractivity contribution is -0.113. The van der Waals surface area contributed by atoms with Crippen LogP contribution in [0.2, 0.25) is 0 Å². The Morgan fingerprint density at radius 2 is 1.86 bits per heavy atom. The van der Waals surface area contributed by atoms with Crippen molar-refractivity contribution in [3.63, 3.8) is 0 Å². The summed E-state index contributed by atoms with van der Waals surface area (Å²) in [6, 6.07) is 7.24. The summed E-state index contributed by atoms with van der Waals surface area (Å²) >= 11 is 2.56. The van der Waals surface area contributed by atoms with Gasteiger partial charge in [-0.1, -0.05) is 29.2 Å². The Kier molecular flexibility index (Phi) is 6.18. The third-order valence-electron chi connectivity index (χ3n) is 4.28. The molecular formula is C18H20N6O3S2. The van der Waals surface area contributed by atoms with Gasteiger partial charge in [0.25, 0.3) is 5.56 Å². The number of carbonyl (C=O) groups excluding carboxylic acids is 1. The fourth-order valence-electron chi connectivity index (χ4n) is 2.42. The second kappa shape index (κ2) is 8.62. The van der Waals surface area contributed by atoms with E-state index in [4.69, 9.17) is 0 Å². The van der Waals surface area contributed by atoms with Gasteiger partial charge in [0, 0.05) is 25.8 Å². The van der Waals surface area contributed by atoms with E-state index >= 15 is 0 Å². The number of amides is 1. The minimum absolute atomic E-state index is 0.0711. The minimum atomic E-state index is -0.508. The highest BCUT2D eigenvalue weighted by atomic mass is 32.2. The van der Waals surface area contributed by atoms with E-state index < -0.39 is 11.2 Å². The number of rotatable bonds is 6. The average Bonchev–Trinajstić information content (AvgIpc) is 3.13. The van der Waals surface area contributed by atoms with Gasteiger partial charge < -0.3 is 10.6 Å². The Morgan fingerprint density at radius 1 is 1.10 bits per heavy atom. The second-order valence-electron chi connectivity index (χ2n) is 6.40. The van der Waals surface area contributed by atoms with Gasteiger partial charge in [-0.05, 0) is 37.1 Å². The fourth-order valence-corrected chi connectivity index (χ4v) is 3.99. The zero-order valence-electron chi connectivity index (χ0n) is 16.3. The first-order chi connectivity index (χ1) is 13.7. The van der Waals surface area contributed by atoms with Crippen LogP contribution in [0.25, 0.3) is 0 Å². The zero-order chi connectivity index (χ0) is 21.1. The van der Waals surface area contributed by atoms with Crippen LogP contribution in [-0.2, 0) is 18.9 Å². The SMILES string of the molecule is Cc1ccc(Nc2nnc(SCC(=O)Nc3cc(=O)n(C)c(=O)n3C)s2)cc1C. The van der Waals surface area contributed by atoms with Gasteiger partial charge in [0.05, 0.1) is 5.75 Å². The van der Waals surface area contributed by atoms with Crippen LogP contribution in [0, 0.1) is 13.8 Å². The van der Waals surface area contributed by atoms with Crippen molar-refractivity contribution < 1.29 is 4.79 Å². The van der Waals surface area contributed by atoms with Crippen molar-refractivity contribution in [1.29, 1.82) is 0 Å². The van der Waals surface area contributed by atoms with E-state index in [-0.39, 0.29) is 17.5 Å². The highest BCUT2D eigenvalue weighted by Gasteiger charge is 2.12. The van der Waals surface area contributed by atoms with E-state index in [1.54, 1.807) is 0 Å². The quantitative estimate of drug-likeness (QED) is 0.573. The first-order valence-corrected chi connectivity index (χ1v) is 10.4. The van der Waals surface area contributed by atoms with Crippen LogP contribution in [0.1, 0.15) is 11.1 Å². The number of aryl methyl sites for hydroxylation is 2. The van der Waals surface area contributed by atoms with Gasteiger partial charge in [0.15, 0.2) is 4.34 Å². The van der Waals surface area contributed by atoms with Crippen molar-refractivity contribution in [3.8, 4) is 0 Å². The molecule has 0 spiro atoms. The van der Waals surface area contributed by atoms with Gasteiger partial charge in [0.2, 0.25) is 11.0 Å². The summed E-state index contributed by atoms with van der Waals surface area (Å²) in [6.45, 7) is 4.09. The first kappa shape index (κ1) is 20.8. The Morgan fingerprint density at radius 3 is 2.59 bits per heavy atom. The van der Waals surface area contributed by atoms with E-state index in [1.807, 2.05) is 25.1 Å². The number of anilines is 3. The molecule has 3 rings (SSSR count). The smallest absolute Gasteiger partial charge is 0.330 e. The van der Waals surface area contributed by atoms with Gasteiger partial charge >= 0.3 is 5.69 Å². The number of aromatic nitrogens is 4. The Bertz CT molecular complexity index is 1180. The van der Waals surface area contributed by atoms with Crippen LogP contribution in [0.4, 0.5) is 16.6 Å². The Balaban J connectivity index is 1.59. The maximum absolute atomic E-state index is 12.2. The molecular weight excluding hydrogens is 412 g/mol. The van der Waals surface area contributed by atoms with Gasteiger partial charge in [0.1, 0.15) is 5.82 Å². The standard InChI is InChI=1S/C18H20N6O3S2/c1-10-5-6-12(7-11(10)2)19-16-21-22-17(29-16)28-9-14(25)20-13-8-15(26)24(4)18(27)23(13)3/h5-8H,9H2,1-4H3,(H,19,21)(H,20,25). The Hall–Kier alpha value is -2.92. The maximum atomic E-state index is 12.2. The number of benzene rings is 1. The predicted molar refractivity (Wildman–Crippen MR) is 115 cm³/mol. The van der Waals surface area contributed by atoms with Crippen molar-refractivity contribution in [2.45, 2.75) is 18.2 Å². The molecule has 1 aromatic carbocycles. The molecule has 0 bridgehead atoms. The molecule has 9 nitrogen and oxygen atoms in total. The molecule has 0 atom stereocenters. The number of hydrogen-bond acceptors (Lipinski definition) is 8. The molecule has 0 fully saturated rings. The van der Waals surface area contributed by atoms with Crippen molar-refractivity contribution in [2.75, 3.05) is 16.4 Å². The zero-order valence-corrected chi connectivity index (χ0v) is 18.0. The first-order valence-electron chi connectivity index (χ1n) is 8.62.